The summed E-state index contributed by atoms with van der Waals surface area (Å²) < 4.78 is 0. The topological polar surface area (TPSA) is 69.6 Å². The van der Waals surface area contributed by atoms with Crippen molar-refractivity contribution in [3.63, 3.8) is 0 Å². The smallest absolute Gasteiger partial charge is 0.308 e. The van der Waals surface area contributed by atoms with Crippen LogP contribution >= 0.6 is 11.6 Å². The minimum Gasteiger partial charge on any atom is -0.481 e. The fourth-order valence-electron chi connectivity index (χ4n) is 3.69. The molecule has 1 unspecified atom stereocenters. The molecule has 0 bridgehead atoms. The molecule has 0 spiro atoms. The highest BCUT2D eigenvalue weighted by Gasteiger charge is 2.35. The Hall–Kier alpha value is -1.59. The molecule has 1 aliphatic heterocycles. The number of carboxylic acid groups (broad SMARTS) is 1. The number of nitrogens with zero attached hydrogens (tertiary/aromatic N) is 1. The normalized spacial score (nSPS) is 18.9. The monoisotopic (exact) mass is 408 g/mol. The van der Waals surface area contributed by atoms with Gasteiger partial charge in [0.05, 0.1) is 11.3 Å². The third-order valence-electron chi connectivity index (χ3n) is 5.42. The van der Waals surface area contributed by atoms with Gasteiger partial charge in [-0.25, -0.2) is 0 Å². The minimum atomic E-state index is -0.757. The average Bonchev–Trinajstić information content (AvgIpc) is 3.16. The van der Waals surface area contributed by atoms with Crippen molar-refractivity contribution in [1.29, 1.82) is 0 Å². The molecule has 3 rings (SSSR count). The number of hydrogen-bond donors (Lipinski definition) is 2. The molecule has 1 amide bonds. The number of hydrogen-bond acceptors (Lipinski definition) is 3. The Morgan fingerprint density at radius 2 is 1.75 bits per heavy atom. The van der Waals surface area contributed by atoms with Crippen LogP contribution in [0.2, 0.25) is 5.02 Å². The van der Waals surface area contributed by atoms with Crippen molar-refractivity contribution in [1.82, 2.24) is 10.2 Å². The molecule has 2 N–H and O–H groups in total. The number of piperazine rings is 1. The van der Waals surface area contributed by atoms with E-state index in [0.717, 1.165) is 49.6 Å². The molecule has 156 valence electrons. The van der Waals surface area contributed by atoms with Crippen LogP contribution in [0, 0.1) is 11.3 Å². The first-order chi connectivity index (χ1) is 13.2. The molecule has 0 aromatic heterocycles. The molecule has 1 aromatic carbocycles. The molecule has 5 nitrogen and oxygen atoms in total. The van der Waals surface area contributed by atoms with Crippen molar-refractivity contribution in [2.45, 2.75) is 52.4 Å². The van der Waals surface area contributed by atoms with Crippen molar-refractivity contribution in [3.8, 4) is 0 Å². The second-order valence-corrected chi connectivity index (χ2v) is 9.14. The number of nitrogens with one attached hydrogen (secondary N) is 1. The molecule has 2 aliphatic rings. The predicted molar refractivity (Wildman–Crippen MR) is 113 cm³/mol. The maximum Gasteiger partial charge on any atom is 0.308 e. The van der Waals surface area contributed by atoms with Gasteiger partial charge in [-0.2, -0.15) is 0 Å². The van der Waals surface area contributed by atoms with Crippen LogP contribution in [0.15, 0.2) is 24.3 Å². The lowest BCUT2D eigenvalue weighted by Gasteiger charge is -2.33. The summed E-state index contributed by atoms with van der Waals surface area (Å²) in [5.74, 6) is 0.00770. The molecule has 1 aromatic rings. The lowest BCUT2D eigenvalue weighted by molar-refractivity contribution is -0.145. The second-order valence-electron chi connectivity index (χ2n) is 8.71. The fourth-order valence-corrected chi connectivity index (χ4v) is 3.89. The molecule has 1 atom stereocenters. The number of amides is 1. The van der Waals surface area contributed by atoms with Crippen molar-refractivity contribution in [2.24, 2.45) is 11.3 Å². The Morgan fingerprint density at radius 3 is 2.25 bits per heavy atom. The van der Waals surface area contributed by atoms with E-state index in [1.165, 1.54) is 12.8 Å². The molecule has 1 aliphatic carbocycles. The van der Waals surface area contributed by atoms with Gasteiger partial charge in [-0.1, -0.05) is 36.6 Å². The van der Waals surface area contributed by atoms with Gasteiger partial charge >= 0.3 is 5.97 Å². The summed E-state index contributed by atoms with van der Waals surface area (Å²) in [4.78, 5) is 25.1. The van der Waals surface area contributed by atoms with Gasteiger partial charge in [0.15, 0.2) is 0 Å². The van der Waals surface area contributed by atoms with Crippen LogP contribution in [-0.2, 0) is 9.59 Å². The maximum absolute atomic E-state index is 13.1. The summed E-state index contributed by atoms with van der Waals surface area (Å²) in [5.41, 5.74) is 0.512. The highest BCUT2D eigenvalue weighted by Crippen LogP contribution is 2.39. The van der Waals surface area contributed by atoms with Gasteiger partial charge in [0.25, 0.3) is 0 Å². The zero-order valence-corrected chi connectivity index (χ0v) is 18.0. The van der Waals surface area contributed by atoms with Crippen LogP contribution in [0.1, 0.15) is 57.9 Å². The minimum absolute atomic E-state index is 0.00991. The SMILES string of the molecule is CC(C)(C)C(=O)O.O=C(C(c1cccc(Cl)c1)C1CCCC1)N1CCNCC1. The van der Waals surface area contributed by atoms with E-state index >= 15 is 0 Å². The van der Waals surface area contributed by atoms with Gasteiger partial charge in [-0.05, 0) is 57.2 Å². The van der Waals surface area contributed by atoms with E-state index in [4.69, 9.17) is 16.7 Å². The molecule has 28 heavy (non-hydrogen) atoms. The summed E-state index contributed by atoms with van der Waals surface area (Å²) in [7, 11) is 0. The van der Waals surface area contributed by atoms with E-state index < -0.39 is 11.4 Å². The molecule has 6 heteroatoms. The summed E-state index contributed by atoms with van der Waals surface area (Å²) >= 11 is 6.15. The summed E-state index contributed by atoms with van der Waals surface area (Å²) in [6.07, 6.45) is 4.82. The molecule has 1 saturated carbocycles. The highest BCUT2D eigenvalue weighted by molar-refractivity contribution is 6.30. The summed E-state index contributed by atoms with van der Waals surface area (Å²) in [6.45, 7) is 8.43. The molecule has 1 saturated heterocycles. The highest BCUT2D eigenvalue weighted by atomic mass is 35.5. The Kier molecular flexibility index (Phi) is 8.32. The third kappa shape index (κ3) is 6.49. The molecule has 1 heterocycles. The number of carbonyl (C=O) groups is 2. The van der Waals surface area contributed by atoms with Crippen LogP contribution in [0.25, 0.3) is 0 Å². The van der Waals surface area contributed by atoms with Crippen molar-refractivity contribution in [2.75, 3.05) is 26.2 Å². The van der Waals surface area contributed by atoms with E-state index in [9.17, 15) is 9.59 Å². The van der Waals surface area contributed by atoms with Gasteiger partial charge in [0, 0.05) is 31.2 Å². The fraction of sp³-hybridized carbons (Fsp3) is 0.636. The number of benzene rings is 1. The van der Waals surface area contributed by atoms with Crippen molar-refractivity contribution >= 4 is 23.5 Å². The van der Waals surface area contributed by atoms with E-state index in [-0.39, 0.29) is 5.92 Å². The lowest BCUT2D eigenvalue weighted by Crippen LogP contribution is -2.48. The van der Waals surface area contributed by atoms with Crippen LogP contribution in [0.3, 0.4) is 0 Å². The molecular weight excluding hydrogens is 376 g/mol. The van der Waals surface area contributed by atoms with Crippen LogP contribution in [0.4, 0.5) is 0 Å². The standard InChI is InChI=1S/C17H23ClN2O.C5H10O2/c18-15-7-3-6-14(12-15)16(13-4-1-2-5-13)17(21)20-10-8-19-9-11-20;1-5(2,3)4(6)7/h3,6-7,12-13,16,19H,1-2,4-5,8-11H2;1-3H3,(H,6,7). The van der Waals surface area contributed by atoms with E-state index in [1.54, 1.807) is 20.8 Å². The molecule has 2 fully saturated rings. The Bertz CT molecular complexity index is 660. The molecule has 0 radical (unpaired) electrons. The van der Waals surface area contributed by atoms with Gasteiger partial charge < -0.3 is 15.3 Å². The van der Waals surface area contributed by atoms with E-state index in [2.05, 4.69) is 11.4 Å². The number of halogens is 1. The largest absolute Gasteiger partial charge is 0.481 e. The number of aliphatic carboxylic acids is 1. The van der Waals surface area contributed by atoms with Crippen LogP contribution < -0.4 is 5.32 Å². The van der Waals surface area contributed by atoms with E-state index in [1.807, 2.05) is 23.1 Å². The summed E-state index contributed by atoms with van der Waals surface area (Å²) in [5, 5.41) is 12.3. The number of carbonyl (C=O) groups excluding carboxylic acids is 1. The third-order valence-corrected chi connectivity index (χ3v) is 5.65. The lowest BCUT2D eigenvalue weighted by atomic mass is 9.83. The first-order valence-corrected chi connectivity index (χ1v) is 10.6. The quantitative estimate of drug-likeness (QED) is 0.787. The maximum atomic E-state index is 13.1. The van der Waals surface area contributed by atoms with Crippen molar-refractivity contribution < 1.29 is 14.7 Å². The van der Waals surface area contributed by atoms with Gasteiger partial charge in [0.2, 0.25) is 5.91 Å². The first-order valence-electron chi connectivity index (χ1n) is 10.2. The van der Waals surface area contributed by atoms with E-state index in [0.29, 0.717) is 11.8 Å². The molecular formula is C22H33ClN2O3. The average molecular weight is 409 g/mol. The predicted octanol–water partition coefficient (Wildman–Crippen LogP) is 4.16. The number of rotatable bonds is 3. The van der Waals surface area contributed by atoms with Crippen molar-refractivity contribution in [3.05, 3.63) is 34.9 Å². The Balaban J connectivity index is 0.000000345. The zero-order valence-electron chi connectivity index (χ0n) is 17.2. The Labute approximate surface area is 173 Å². The zero-order chi connectivity index (χ0) is 20.7. The number of carboxylic acids is 1. The summed E-state index contributed by atoms with van der Waals surface area (Å²) in [6, 6.07) is 7.89. The van der Waals surface area contributed by atoms with Crippen LogP contribution in [0.5, 0.6) is 0 Å². The van der Waals surface area contributed by atoms with Gasteiger partial charge in [-0.15, -0.1) is 0 Å². The Morgan fingerprint density at radius 1 is 1.18 bits per heavy atom. The van der Waals surface area contributed by atoms with Crippen LogP contribution in [-0.4, -0.2) is 48.1 Å². The van der Waals surface area contributed by atoms with Gasteiger partial charge in [-0.3, -0.25) is 9.59 Å². The van der Waals surface area contributed by atoms with Gasteiger partial charge in [0.1, 0.15) is 0 Å². The second kappa shape index (κ2) is 10.3. The first kappa shape index (κ1) is 22.7.